The Bertz CT molecular complexity index is 1090. The molecule has 30 heavy (non-hydrogen) atoms. The Kier molecular flexibility index (Phi) is 6.71. The summed E-state index contributed by atoms with van der Waals surface area (Å²) >= 11 is 1.31. The van der Waals surface area contributed by atoms with E-state index in [-0.39, 0.29) is 17.7 Å². The number of thiazole rings is 1. The van der Waals surface area contributed by atoms with Gasteiger partial charge in [-0.15, -0.1) is 11.3 Å². The monoisotopic (exact) mass is 420 g/mol. The van der Waals surface area contributed by atoms with Crippen LogP contribution in [0.3, 0.4) is 0 Å². The third-order valence-electron chi connectivity index (χ3n) is 3.89. The Labute approximate surface area is 178 Å². The summed E-state index contributed by atoms with van der Waals surface area (Å²) < 4.78 is 0. The molecule has 0 bridgehead atoms. The van der Waals surface area contributed by atoms with Crippen LogP contribution in [-0.4, -0.2) is 22.7 Å². The normalized spacial score (nSPS) is 10.6. The van der Waals surface area contributed by atoms with E-state index >= 15 is 0 Å². The fourth-order valence-electron chi connectivity index (χ4n) is 2.68. The first-order valence-corrected chi connectivity index (χ1v) is 9.98. The summed E-state index contributed by atoms with van der Waals surface area (Å²) in [6, 6.07) is 16.1. The first kappa shape index (κ1) is 20.9. The average molecular weight is 420 g/mol. The van der Waals surface area contributed by atoms with E-state index in [0.717, 1.165) is 5.69 Å². The fraction of sp³-hybridized carbons (Fsp3) is 0.0909. The van der Waals surface area contributed by atoms with E-state index in [2.05, 4.69) is 15.6 Å². The summed E-state index contributed by atoms with van der Waals surface area (Å²) in [6.07, 6.45) is 2.95. The molecule has 3 rings (SSSR count). The van der Waals surface area contributed by atoms with Crippen molar-refractivity contribution in [1.29, 1.82) is 0 Å². The Balaban J connectivity index is 1.68. The average Bonchev–Trinajstić information content (AvgIpc) is 3.15. The van der Waals surface area contributed by atoms with Crippen molar-refractivity contribution in [1.82, 2.24) is 4.98 Å². The lowest BCUT2D eigenvalue weighted by Crippen LogP contribution is -2.22. The molecule has 2 aromatic carbocycles. The highest BCUT2D eigenvalue weighted by Crippen LogP contribution is 2.29. The number of hydrogen-bond donors (Lipinski definition) is 2. The van der Waals surface area contributed by atoms with E-state index in [0.29, 0.717) is 22.2 Å². The van der Waals surface area contributed by atoms with E-state index in [9.17, 15) is 14.4 Å². The zero-order valence-electron chi connectivity index (χ0n) is 16.5. The number of anilines is 4. The van der Waals surface area contributed by atoms with Gasteiger partial charge in [-0.3, -0.25) is 19.3 Å². The number of nitrogens with zero attached hydrogens (tertiary/aromatic N) is 2. The molecule has 0 atom stereocenters. The number of rotatable bonds is 6. The number of carbonyl (C=O) groups is 3. The number of aromatic nitrogens is 1. The molecule has 0 radical (unpaired) electrons. The minimum Gasteiger partial charge on any atom is -0.326 e. The van der Waals surface area contributed by atoms with E-state index < -0.39 is 0 Å². The standard InChI is InChI=1S/C22H20N4O3S/c1-15(27)23-17-7-6-8-18(13-17)24-21(29)12-11-19-14-30-22(25-19)26(16(2)28)20-9-4-3-5-10-20/h3-14H,1-2H3,(H,23,27)(H,24,29)/b12-11+. The molecule has 7 nitrogen and oxygen atoms in total. The van der Waals surface area contributed by atoms with Crippen LogP contribution >= 0.6 is 11.3 Å². The van der Waals surface area contributed by atoms with Gasteiger partial charge in [0, 0.05) is 36.7 Å². The van der Waals surface area contributed by atoms with Crippen molar-refractivity contribution in [2.24, 2.45) is 0 Å². The first-order chi connectivity index (χ1) is 14.4. The molecule has 0 aliphatic heterocycles. The second kappa shape index (κ2) is 9.62. The highest BCUT2D eigenvalue weighted by atomic mass is 32.1. The van der Waals surface area contributed by atoms with E-state index in [1.807, 2.05) is 30.3 Å². The van der Waals surface area contributed by atoms with Gasteiger partial charge >= 0.3 is 0 Å². The molecule has 3 amide bonds. The molecular weight excluding hydrogens is 400 g/mol. The number of carbonyl (C=O) groups excluding carboxylic acids is 3. The maximum Gasteiger partial charge on any atom is 0.248 e. The van der Waals surface area contributed by atoms with E-state index in [1.54, 1.807) is 35.7 Å². The minimum atomic E-state index is -0.337. The van der Waals surface area contributed by atoms with Crippen LogP contribution in [0.25, 0.3) is 6.08 Å². The summed E-state index contributed by atoms with van der Waals surface area (Å²) in [5.41, 5.74) is 2.45. The zero-order valence-corrected chi connectivity index (χ0v) is 17.3. The van der Waals surface area contributed by atoms with Gasteiger partial charge < -0.3 is 10.6 Å². The third-order valence-corrected chi connectivity index (χ3v) is 4.73. The van der Waals surface area contributed by atoms with Crippen LogP contribution in [0.15, 0.2) is 66.1 Å². The summed E-state index contributed by atoms with van der Waals surface area (Å²) in [5.74, 6) is -0.674. The summed E-state index contributed by atoms with van der Waals surface area (Å²) in [4.78, 5) is 41.4. The molecular formula is C22H20N4O3S. The molecule has 0 fully saturated rings. The Morgan fingerprint density at radius 3 is 2.33 bits per heavy atom. The SMILES string of the molecule is CC(=O)Nc1cccc(NC(=O)/C=C/c2csc(N(C(C)=O)c3ccccc3)n2)c1. The number of amides is 3. The molecule has 3 aromatic rings. The molecule has 0 unspecified atom stereocenters. The predicted molar refractivity (Wildman–Crippen MR) is 120 cm³/mol. The molecule has 1 aromatic heterocycles. The lowest BCUT2D eigenvalue weighted by molar-refractivity contribution is -0.116. The van der Waals surface area contributed by atoms with Gasteiger partial charge in [0.05, 0.1) is 11.4 Å². The largest absolute Gasteiger partial charge is 0.326 e. The van der Waals surface area contributed by atoms with Crippen LogP contribution in [0.1, 0.15) is 19.5 Å². The van der Waals surface area contributed by atoms with Crippen LogP contribution in [0.2, 0.25) is 0 Å². The summed E-state index contributed by atoms with van der Waals surface area (Å²) in [7, 11) is 0. The third kappa shape index (κ3) is 5.62. The van der Waals surface area contributed by atoms with Gasteiger partial charge in [0.15, 0.2) is 5.13 Å². The highest BCUT2D eigenvalue weighted by Gasteiger charge is 2.17. The van der Waals surface area contributed by atoms with Gasteiger partial charge in [0.2, 0.25) is 17.7 Å². The quantitative estimate of drug-likeness (QED) is 0.577. The van der Waals surface area contributed by atoms with E-state index in [4.69, 9.17) is 0 Å². The van der Waals surface area contributed by atoms with E-state index in [1.165, 1.54) is 36.2 Å². The molecule has 1 heterocycles. The summed E-state index contributed by atoms with van der Waals surface area (Å²) in [5, 5.41) is 7.69. The Hall–Kier alpha value is -3.78. The molecule has 0 aliphatic rings. The van der Waals surface area contributed by atoms with Crippen molar-refractivity contribution in [3.63, 3.8) is 0 Å². The minimum absolute atomic E-state index is 0.150. The highest BCUT2D eigenvalue weighted by molar-refractivity contribution is 7.14. The molecule has 2 N–H and O–H groups in total. The van der Waals surface area contributed by atoms with Gasteiger partial charge in [0.1, 0.15) is 0 Å². The lowest BCUT2D eigenvalue weighted by atomic mass is 10.2. The van der Waals surface area contributed by atoms with Crippen LogP contribution in [0, 0.1) is 0 Å². The van der Waals surface area contributed by atoms with Crippen molar-refractivity contribution < 1.29 is 14.4 Å². The van der Waals surface area contributed by atoms with Crippen LogP contribution in [0.4, 0.5) is 22.2 Å². The predicted octanol–water partition coefficient (Wildman–Crippen LogP) is 4.44. The summed E-state index contributed by atoms with van der Waals surface area (Å²) in [6.45, 7) is 2.90. The number of benzene rings is 2. The van der Waals surface area contributed by atoms with Crippen molar-refractivity contribution in [3.8, 4) is 0 Å². The fourth-order valence-corrected chi connectivity index (χ4v) is 3.54. The second-order valence-electron chi connectivity index (χ2n) is 6.33. The lowest BCUT2D eigenvalue weighted by Gasteiger charge is -2.17. The van der Waals surface area contributed by atoms with Gasteiger partial charge in [-0.25, -0.2) is 4.98 Å². The van der Waals surface area contributed by atoms with Crippen LogP contribution in [-0.2, 0) is 14.4 Å². The number of para-hydroxylation sites is 1. The van der Waals surface area contributed by atoms with Crippen molar-refractivity contribution in [3.05, 3.63) is 71.7 Å². The number of hydrogen-bond acceptors (Lipinski definition) is 5. The Morgan fingerprint density at radius 1 is 0.967 bits per heavy atom. The molecule has 0 aliphatic carbocycles. The Morgan fingerprint density at radius 2 is 1.67 bits per heavy atom. The second-order valence-corrected chi connectivity index (χ2v) is 7.17. The molecule has 0 saturated heterocycles. The smallest absolute Gasteiger partial charge is 0.248 e. The zero-order chi connectivity index (χ0) is 21.5. The molecule has 8 heteroatoms. The molecule has 0 saturated carbocycles. The molecule has 0 spiro atoms. The maximum absolute atomic E-state index is 12.2. The van der Waals surface area contributed by atoms with Crippen molar-refractivity contribution in [2.45, 2.75) is 13.8 Å². The van der Waals surface area contributed by atoms with Gasteiger partial charge in [-0.1, -0.05) is 24.3 Å². The first-order valence-electron chi connectivity index (χ1n) is 9.10. The van der Waals surface area contributed by atoms with Crippen LogP contribution < -0.4 is 15.5 Å². The van der Waals surface area contributed by atoms with Crippen molar-refractivity contribution in [2.75, 3.05) is 15.5 Å². The van der Waals surface area contributed by atoms with Crippen molar-refractivity contribution >= 4 is 57.3 Å². The van der Waals surface area contributed by atoms with Gasteiger partial charge in [-0.05, 0) is 36.4 Å². The molecule has 152 valence electrons. The van der Waals surface area contributed by atoms with Crippen LogP contribution in [0.5, 0.6) is 0 Å². The van der Waals surface area contributed by atoms with Gasteiger partial charge in [0.25, 0.3) is 0 Å². The number of nitrogens with one attached hydrogen (secondary N) is 2. The topological polar surface area (TPSA) is 91.4 Å². The van der Waals surface area contributed by atoms with Gasteiger partial charge in [-0.2, -0.15) is 0 Å². The maximum atomic E-state index is 12.2.